The summed E-state index contributed by atoms with van der Waals surface area (Å²) in [6, 6.07) is 0. The molecule has 0 saturated carbocycles. The molecule has 1 nitrogen and oxygen atoms in total. The summed E-state index contributed by atoms with van der Waals surface area (Å²) in [5.74, 6) is 0. The number of thiol groups is 1. The van der Waals surface area contributed by atoms with Crippen molar-refractivity contribution in [2.24, 2.45) is 5.73 Å². The van der Waals surface area contributed by atoms with E-state index in [0.29, 0.717) is 11.8 Å². The summed E-state index contributed by atoms with van der Waals surface area (Å²) in [6.07, 6.45) is 0. The van der Waals surface area contributed by atoms with Gasteiger partial charge in [0.1, 0.15) is 0 Å². The summed E-state index contributed by atoms with van der Waals surface area (Å²) in [4.78, 5) is 0. The van der Waals surface area contributed by atoms with Gasteiger partial charge in [0.25, 0.3) is 0 Å². The van der Waals surface area contributed by atoms with E-state index >= 15 is 0 Å². The second-order valence-corrected chi connectivity index (χ2v) is 1.97. The highest BCUT2D eigenvalue weighted by Gasteiger charge is 1.81. The molecule has 0 saturated heterocycles. The maximum Gasteiger partial charge on any atom is 0.0111 e. The quantitative estimate of drug-likeness (QED) is 0.445. The molecule has 0 aromatic carbocycles. The van der Waals surface area contributed by atoms with Crippen molar-refractivity contribution in [3.05, 3.63) is 0 Å². The standard InChI is InChI=1S/C3H9NS/c1-3(5)2-4/h3,5H,2,4H2,1H3. The van der Waals surface area contributed by atoms with Gasteiger partial charge in [0.05, 0.1) is 0 Å². The first-order valence-electron chi connectivity index (χ1n) is 1.65. The Kier molecular flexibility index (Phi) is 2.70. The maximum atomic E-state index is 5.09. The molecular weight excluding hydrogens is 82.1 g/mol. The average molecular weight is 91.2 g/mol. The van der Waals surface area contributed by atoms with Gasteiger partial charge in [-0.3, -0.25) is 0 Å². The van der Waals surface area contributed by atoms with Crippen molar-refractivity contribution in [2.45, 2.75) is 12.2 Å². The Morgan fingerprint density at radius 2 is 2.20 bits per heavy atom. The summed E-state index contributed by atoms with van der Waals surface area (Å²) in [5, 5.41) is 0.356. The zero-order valence-electron chi connectivity index (χ0n) is 3.31. The van der Waals surface area contributed by atoms with Gasteiger partial charge in [-0.25, -0.2) is 0 Å². The van der Waals surface area contributed by atoms with Crippen LogP contribution in [0.3, 0.4) is 0 Å². The number of rotatable bonds is 1. The molecule has 32 valence electrons. The van der Waals surface area contributed by atoms with E-state index in [2.05, 4.69) is 12.6 Å². The van der Waals surface area contributed by atoms with Crippen LogP contribution in [0, 0.1) is 0 Å². The summed E-state index contributed by atoms with van der Waals surface area (Å²) in [7, 11) is 0. The minimum Gasteiger partial charge on any atom is -0.329 e. The Morgan fingerprint density at radius 3 is 2.20 bits per heavy atom. The highest BCUT2D eigenvalue weighted by atomic mass is 32.1. The van der Waals surface area contributed by atoms with Crippen molar-refractivity contribution in [2.75, 3.05) is 6.54 Å². The highest BCUT2D eigenvalue weighted by molar-refractivity contribution is 7.80. The van der Waals surface area contributed by atoms with Crippen LogP contribution in [0.1, 0.15) is 6.92 Å². The minimum atomic E-state index is 0.356. The highest BCUT2D eigenvalue weighted by Crippen LogP contribution is 1.83. The van der Waals surface area contributed by atoms with Gasteiger partial charge in [0.2, 0.25) is 0 Å². The molecule has 0 bridgehead atoms. The topological polar surface area (TPSA) is 26.0 Å². The fourth-order valence-corrected chi connectivity index (χ4v) is 0. The van der Waals surface area contributed by atoms with Crippen LogP contribution in [0.4, 0.5) is 0 Å². The molecule has 0 heterocycles. The smallest absolute Gasteiger partial charge is 0.0111 e. The zero-order valence-corrected chi connectivity index (χ0v) is 4.20. The van der Waals surface area contributed by atoms with E-state index in [1.165, 1.54) is 0 Å². The van der Waals surface area contributed by atoms with E-state index in [4.69, 9.17) is 5.73 Å². The van der Waals surface area contributed by atoms with Crippen molar-refractivity contribution in [1.29, 1.82) is 0 Å². The van der Waals surface area contributed by atoms with Gasteiger partial charge in [-0.05, 0) is 0 Å². The van der Waals surface area contributed by atoms with Crippen LogP contribution in [-0.2, 0) is 0 Å². The van der Waals surface area contributed by atoms with E-state index < -0.39 is 0 Å². The van der Waals surface area contributed by atoms with Crippen molar-refractivity contribution < 1.29 is 0 Å². The third-order valence-electron chi connectivity index (χ3n) is 0.341. The molecule has 0 aromatic heterocycles. The molecule has 0 aliphatic heterocycles. The predicted molar refractivity (Wildman–Crippen MR) is 27.5 cm³/mol. The summed E-state index contributed by atoms with van der Waals surface area (Å²) in [5.41, 5.74) is 5.09. The monoisotopic (exact) mass is 91.0 g/mol. The number of hydrogen-bond acceptors (Lipinski definition) is 2. The van der Waals surface area contributed by atoms with E-state index in [0.717, 1.165) is 0 Å². The molecule has 0 aromatic rings. The van der Waals surface area contributed by atoms with Crippen LogP contribution in [0.2, 0.25) is 0 Å². The fourth-order valence-electron chi connectivity index (χ4n) is 0. The Balaban J connectivity index is 2.54. The molecule has 1 unspecified atom stereocenters. The molecule has 2 N–H and O–H groups in total. The van der Waals surface area contributed by atoms with Crippen LogP contribution in [0.5, 0.6) is 0 Å². The Labute approximate surface area is 38.0 Å². The Hall–Kier alpha value is 0.310. The molecule has 0 rings (SSSR count). The van der Waals surface area contributed by atoms with Gasteiger partial charge in [0, 0.05) is 11.8 Å². The molecular formula is C3H9NS. The van der Waals surface area contributed by atoms with Gasteiger partial charge in [-0.15, -0.1) is 0 Å². The third kappa shape index (κ3) is 4.31. The second kappa shape index (κ2) is 2.54. The van der Waals surface area contributed by atoms with Crippen molar-refractivity contribution in [1.82, 2.24) is 0 Å². The van der Waals surface area contributed by atoms with Crippen LogP contribution in [0.15, 0.2) is 0 Å². The Morgan fingerprint density at radius 1 is 2.00 bits per heavy atom. The van der Waals surface area contributed by atoms with E-state index in [9.17, 15) is 0 Å². The Bertz CT molecular complexity index is 20.9. The lowest BCUT2D eigenvalue weighted by Gasteiger charge is -1.90. The maximum absolute atomic E-state index is 5.09. The zero-order chi connectivity index (χ0) is 4.28. The molecule has 0 aliphatic carbocycles. The third-order valence-corrected chi connectivity index (χ3v) is 0.552. The molecule has 0 spiro atoms. The summed E-state index contributed by atoms with van der Waals surface area (Å²) < 4.78 is 0. The summed E-state index contributed by atoms with van der Waals surface area (Å²) >= 11 is 3.97. The number of hydrogen-bond donors (Lipinski definition) is 2. The van der Waals surface area contributed by atoms with Crippen LogP contribution >= 0.6 is 12.6 Å². The minimum absolute atomic E-state index is 0.356. The molecule has 0 radical (unpaired) electrons. The van der Waals surface area contributed by atoms with E-state index in [1.54, 1.807) is 0 Å². The van der Waals surface area contributed by atoms with Gasteiger partial charge < -0.3 is 5.73 Å². The molecule has 5 heavy (non-hydrogen) atoms. The predicted octanol–water partition coefficient (Wildman–Crippen LogP) is 0.263. The molecule has 0 aliphatic rings. The largest absolute Gasteiger partial charge is 0.329 e. The first-order chi connectivity index (χ1) is 2.27. The number of nitrogens with two attached hydrogens (primary N) is 1. The lowest BCUT2D eigenvalue weighted by atomic mass is 10.5. The van der Waals surface area contributed by atoms with Gasteiger partial charge in [-0.1, -0.05) is 6.92 Å². The van der Waals surface area contributed by atoms with Crippen molar-refractivity contribution in [3.8, 4) is 0 Å². The van der Waals surface area contributed by atoms with Gasteiger partial charge in [-0.2, -0.15) is 12.6 Å². The van der Waals surface area contributed by atoms with Crippen molar-refractivity contribution >= 4 is 12.6 Å². The molecule has 1 atom stereocenters. The van der Waals surface area contributed by atoms with Gasteiger partial charge >= 0.3 is 0 Å². The van der Waals surface area contributed by atoms with Gasteiger partial charge in [0.15, 0.2) is 0 Å². The fraction of sp³-hybridized carbons (Fsp3) is 1.00. The normalized spacial score (nSPS) is 15.0. The first-order valence-corrected chi connectivity index (χ1v) is 2.17. The van der Waals surface area contributed by atoms with Crippen molar-refractivity contribution in [3.63, 3.8) is 0 Å². The van der Waals surface area contributed by atoms with Crippen LogP contribution in [0.25, 0.3) is 0 Å². The molecule has 0 amide bonds. The average Bonchev–Trinajstić information content (AvgIpc) is 1.38. The van der Waals surface area contributed by atoms with Crippen LogP contribution in [-0.4, -0.2) is 11.8 Å². The lowest BCUT2D eigenvalue weighted by molar-refractivity contribution is 0.959. The molecule has 2 heteroatoms. The molecule has 0 fully saturated rings. The van der Waals surface area contributed by atoms with Crippen LogP contribution < -0.4 is 5.73 Å². The lowest BCUT2D eigenvalue weighted by Crippen LogP contribution is -2.08. The first kappa shape index (κ1) is 5.31. The second-order valence-electron chi connectivity index (χ2n) is 1.08. The summed E-state index contributed by atoms with van der Waals surface area (Å²) in [6.45, 7) is 2.63. The SMILES string of the molecule is CC(S)CN. The van der Waals surface area contributed by atoms with E-state index in [-0.39, 0.29) is 0 Å². The van der Waals surface area contributed by atoms with E-state index in [1.807, 2.05) is 6.92 Å².